The van der Waals surface area contributed by atoms with Gasteiger partial charge in [-0.3, -0.25) is 10.2 Å². The smallest absolute Gasteiger partial charge is 0.426 e. The number of hydrogen-bond acceptors (Lipinski definition) is 3. The van der Waals surface area contributed by atoms with Gasteiger partial charge in [0.15, 0.2) is 0 Å². The van der Waals surface area contributed by atoms with Crippen LogP contribution in [0.2, 0.25) is 10.0 Å². The molecule has 0 radical (unpaired) electrons. The molecule has 1 aromatic carbocycles. The predicted molar refractivity (Wildman–Crippen MR) is 73.1 cm³/mol. The molecule has 1 rings (SSSR count). The number of halogens is 2. The summed E-state index contributed by atoms with van der Waals surface area (Å²) in [6.45, 7) is 1.91. The van der Waals surface area contributed by atoms with E-state index in [0.717, 1.165) is 5.56 Å². The summed E-state index contributed by atoms with van der Waals surface area (Å²) in [6, 6.07) is 5.23. The fourth-order valence-corrected chi connectivity index (χ4v) is 1.75. The third-order valence-corrected chi connectivity index (χ3v) is 3.09. The van der Waals surface area contributed by atoms with Crippen LogP contribution in [-0.4, -0.2) is 18.6 Å². The van der Waals surface area contributed by atoms with Crippen molar-refractivity contribution < 1.29 is 14.3 Å². The second-order valence-electron chi connectivity index (χ2n) is 3.61. The number of benzene rings is 1. The summed E-state index contributed by atoms with van der Waals surface area (Å²) in [5.74, 6) is -0.343. The number of hydrazine groups is 1. The van der Waals surface area contributed by atoms with E-state index in [1.54, 1.807) is 25.1 Å². The highest BCUT2D eigenvalue weighted by molar-refractivity contribution is 6.42. The van der Waals surface area contributed by atoms with Gasteiger partial charge in [-0.05, 0) is 25.0 Å². The Kier molecular flexibility index (Phi) is 6.45. The van der Waals surface area contributed by atoms with Crippen LogP contribution in [0.25, 0.3) is 0 Å². The summed E-state index contributed by atoms with van der Waals surface area (Å²) >= 11 is 11.9. The zero-order valence-electron chi connectivity index (χ0n) is 10.3. The number of nitrogens with one attached hydrogen (secondary N) is 2. The van der Waals surface area contributed by atoms with Gasteiger partial charge in [0.1, 0.15) is 0 Å². The van der Waals surface area contributed by atoms with Crippen molar-refractivity contribution in [2.24, 2.45) is 0 Å². The van der Waals surface area contributed by atoms with Crippen LogP contribution < -0.4 is 10.9 Å². The molecule has 0 aliphatic rings. The number of ether oxygens (including phenoxy) is 1. The van der Waals surface area contributed by atoms with Crippen molar-refractivity contribution >= 4 is 35.2 Å². The monoisotopic (exact) mass is 304 g/mol. The molecule has 0 aromatic heterocycles. The van der Waals surface area contributed by atoms with Crippen molar-refractivity contribution in [2.45, 2.75) is 19.8 Å². The number of aryl methyl sites for hydroxylation is 1. The minimum Gasteiger partial charge on any atom is -0.449 e. The van der Waals surface area contributed by atoms with E-state index in [1.165, 1.54) is 0 Å². The Labute approximate surface area is 121 Å². The standard InChI is InChI=1S/C12H14Cl2N2O3/c1-2-19-12(18)16-15-10(17)7-6-8-4-3-5-9(13)11(8)14/h3-5H,2,6-7H2,1H3,(H,15,17)(H,16,18). The van der Waals surface area contributed by atoms with Crippen LogP contribution in [0.15, 0.2) is 18.2 Å². The predicted octanol–water partition coefficient (Wildman–Crippen LogP) is 2.70. The summed E-state index contributed by atoms with van der Waals surface area (Å²) in [7, 11) is 0. The van der Waals surface area contributed by atoms with Crippen molar-refractivity contribution in [3.8, 4) is 0 Å². The van der Waals surface area contributed by atoms with Crippen LogP contribution >= 0.6 is 23.2 Å². The molecule has 0 fully saturated rings. The zero-order valence-corrected chi connectivity index (χ0v) is 11.8. The largest absolute Gasteiger partial charge is 0.449 e. The first-order valence-electron chi connectivity index (χ1n) is 5.69. The molecule has 19 heavy (non-hydrogen) atoms. The van der Waals surface area contributed by atoms with E-state index < -0.39 is 6.09 Å². The van der Waals surface area contributed by atoms with Gasteiger partial charge in [-0.2, -0.15) is 0 Å². The number of carbonyl (C=O) groups excluding carboxylic acids is 2. The lowest BCUT2D eigenvalue weighted by atomic mass is 10.1. The molecule has 0 spiro atoms. The van der Waals surface area contributed by atoms with Crippen molar-refractivity contribution in [1.29, 1.82) is 0 Å². The first-order chi connectivity index (χ1) is 9.04. The Bertz CT molecular complexity index is 466. The highest BCUT2D eigenvalue weighted by Gasteiger charge is 2.08. The van der Waals surface area contributed by atoms with Gasteiger partial charge in [0.05, 0.1) is 16.7 Å². The molecular formula is C12H14Cl2N2O3. The molecule has 1 aromatic rings. The van der Waals surface area contributed by atoms with Crippen LogP contribution in [0.5, 0.6) is 0 Å². The molecule has 0 heterocycles. The van der Waals surface area contributed by atoms with Crippen molar-refractivity contribution in [3.63, 3.8) is 0 Å². The Hall–Kier alpha value is -1.46. The minimum atomic E-state index is -0.698. The normalized spacial score (nSPS) is 9.84. The second-order valence-corrected chi connectivity index (χ2v) is 4.39. The summed E-state index contributed by atoms with van der Waals surface area (Å²) in [5.41, 5.74) is 5.14. The van der Waals surface area contributed by atoms with Gasteiger partial charge in [0.25, 0.3) is 0 Å². The maximum Gasteiger partial charge on any atom is 0.426 e. The van der Waals surface area contributed by atoms with Crippen LogP contribution in [0, 0.1) is 0 Å². The van der Waals surface area contributed by atoms with Gasteiger partial charge in [-0.15, -0.1) is 0 Å². The molecular weight excluding hydrogens is 291 g/mol. The molecule has 0 atom stereocenters. The molecule has 7 heteroatoms. The van der Waals surface area contributed by atoms with Crippen molar-refractivity contribution in [2.75, 3.05) is 6.61 Å². The maximum atomic E-state index is 11.5. The average Bonchev–Trinajstić information content (AvgIpc) is 2.38. The Morgan fingerprint density at radius 1 is 1.26 bits per heavy atom. The highest BCUT2D eigenvalue weighted by atomic mass is 35.5. The van der Waals surface area contributed by atoms with Gasteiger partial charge in [0, 0.05) is 6.42 Å². The van der Waals surface area contributed by atoms with E-state index >= 15 is 0 Å². The summed E-state index contributed by atoms with van der Waals surface area (Å²) in [5, 5.41) is 0.888. The molecule has 2 N–H and O–H groups in total. The van der Waals surface area contributed by atoms with Crippen LogP contribution in [0.1, 0.15) is 18.9 Å². The van der Waals surface area contributed by atoms with E-state index in [1.807, 2.05) is 0 Å². The molecule has 0 aliphatic heterocycles. The number of hydrogen-bond donors (Lipinski definition) is 2. The van der Waals surface area contributed by atoms with E-state index in [2.05, 4.69) is 15.6 Å². The van der Waals surface area contributed by atoms with Crippen LogP contribution in [0.4, 0.5) is 4.79 Å². The third kappa shape index (κ3) is 5.36. The van der Waals surface area contributed by atoms with Crippen LogP contribution in [-0.2, 0) is 16.0 Å². The van der Waals surface area contributed by atoms with E-state index in [4.69, 9.17) is 23.2 Å². The SMILES string of the molecule is CCOC(=O)NNC(=O)CCc1cccc(Cl)c1Cl. The Morgan fingerprint density at radius 2 is 2.00 bits per heavy atom. The summed E-state index contributed by atoms with van der Waals surface area (Å²) in [4.78, 5) is 22.4. The van der Waals surface area contributed by atoms with Gasteiger partial charge < -0.3 is 4.74 Å². The molecule has 5 nitrogen and oxygen atoms in total. The van der Waals surface area contributed by atoms with Gasteiger partial charge in [-0.1, -0.05) is 35.3 Å². The molecule has 0 unspecified atom stereocenters. The number of carbonyl (C=O) groups is 2. The quantitative estimate of drug-likeness (QED) is 0.840. The maximum absolute atomic E-state index is 11.5. The molecule has 2 amide bonds. The highest BCUT2D eigenvalue weighted by Crippen LogP contribution is 2.26. The van der Waals surface area contributed by atoms with Crippen molar-refractivity contribution in [3.05, 3.63) is 33.8 Å². The Morgan fingerprint density at radius 3 is 2.68 bits per heavy atom. The lowest BCUT2D eigenvalue weighted by Crippen LogP contribution is -2.42. The van der Waals surface area contributed by atoms with Gasteiger partial charge >= 0.3 is 6.09 Å². The summed E-state index contributed by atoms with van der Waals surface area (Å²) in [6.07, 6.45) is -0.0982. The number of rotatable bonds is 4. The fraction of sp³-hybridized carbons (Fsp3) is 0.333. The topological polar surface area (TPSA) is 67.4 Å². The van der Waals surface area contributed by atoms with E-state index in [-0.39, 0.29) is 18.9 Å². The molecule has 0 saturated carbocycles. The van der Waals surface area contributed by atoms with E-state index in [9.17, 15) is 9.59 Å². The molecule has 0 aliphatic carbocycles. The lowest BCUT2D eigenvalue weighted by Gasteiger charge is -2.08. The molecule has 0 bridgehead atoms. The molecule has 0 saturated heterocycles. The lowest BCUT2D eigenvalue weighted by molar-refractivity contribution is -0.121. The minimum absolute atomic E-state index is 0.173. The first kappa shape index (κ1) is 15.6. The summed E-state index contributed by atoms with van der Waals surface area (Å²) < 4.78 is 4.59. The molecule has 104 valence electrons. The average molecular weight is 305 g/mol. The first-order valence-corrected chi connectivity index (χ1v) is 6.44. The number of amides is 2. The van der Waals surface area contributed by atoms with Crippen LogP contribution in [0.3, 0.4) is 0 Å². The van der Waals surface area contributed by atoms with Gasteiger partial charge in [0.2, 0.25) is 5.91 Å². The van der Waals surface area contributed by atoms with E-state index in [0.29, 0.717) is 16.5 Å². The third-order valence-electron chi connectivity index (χ3n) is 2.23. The fourth-order valence-electron chi connectivity index (χ4n) is 1.34. The van der Waals surface area contributed by atoms with Gasteiger partial charge in [-0.25, -0.2) is 10.2 Å². The zero-order chi connectivity index (χ0) is 14.3. The second kappa shape index (κ2) is 7.86. The van der Waals surface area contributed by atoms with Crippen molar-refractivity contribution in [1.82, 2.24) is 10.9 Å². The Balaban J connectivity index is 2.38.